The van der Waals surface area contributed by atoms with Gasteiger partial charge >= 0.3 is 0 Å². The Morgan fingerprint density at radius 2 is 1.65 bits per heavy atom. The number of carbonyl (C=O) groups excluding carboxylic acids is 5. The number of piperidine rings is 2. The van der Waals surface area contributed by atoms with Crippen LogP contribution in [0.2, 0.25) is 0 Å². The molecule has 5 amide bonds. The maximum atomic E-state index is 13.6. The summed E-state index contributed by atoms with van der Waals surface area (Å²) in [5.74, 6) is 0.461. The largest absolute Gasteiger partial charge is 0.494 e. The molecular weight excluding hydrogens is 881 g/mol. The number of benzene rings is 3. The highest BCUT2D eigenvalue weighted by Crippen LogP contribution is 2.36. The molecule has 0 aliphatic carbocycles. The number of imide groups is 1. The minimum Gasteiger partial charge on any atom is -0.494 e. The van der Waals surface area contributed by atoms with Crippen molar-refractivity contribution in [2.75, 3.05) is 63.8 Å². The van der Waals surface area contributed by atoms with Crippen molar-refractivity contribution in [1.82, 2.24) is 40.6 Å². The van der Waals surface area contributed by atoms with Crippen molar-refractivity contribution >= 4 is 40.9 Å². The lowest BCUT2D eigenvalue weighted by Gasteiger charge is -2.40. The van der Waals surface area contributed by atoms with Gasteiger partial charge in [0.25, 0.3) is 11.8 Å². The third kappa shape index (κ3) is 12.4. The zero-order chi connectivity index (χ0) is 48.2. The molecule has 362 valence electrons. The van der Waals surface area contributed by atoms with Crippen molar-refractivity contribution in [2.45, 2.75) is 82.5 Å². The van der Waals surface area contributed by atoms with E-state index in [1.165, 1.54) is 4.90 Å². The van der Waals surface area contributed by atoms with E-state index < -0.39 is 17.5 Å². The number of hydrogen-bond donors (Lipinski definition) is 5. The van der Waals surface area contributed by atoms with Crippen LogP contribution in [-0.4, -0.2) is 119 Å². The molecule has 0 bridgehead atoms. The van der Waals surface area contributed by atoms with E-state index in [1.54, 1.807) is 30.6 Å². The number of unbranched alkanes of at least 4 members (excludes halogenated alkanes) is 2. The van der Waals surface area contributed by atoms with Gasteiger partial charge in [0, 0.05) is 91.9 Å². The van der Waals surface area contributed by atoms with E-state index in [4.69, 9.17) is 19.2 Å². The fourth-order valence-corrected chi connectivity index (χ4v) is 8.87. The molecule has 69 heavy (non-hydrogen) atoms. The van der Waals surface area contributed by atoms with E-state index in [9.17, 15) is 24.0 Å². The van der Waals surface area contributed by atoms with E-state index in [2.05, 4.69) is 48.4 Å². The molecule has 2 fully saturated rings. The first-order valence-corrected chi connectivity index (χ1v) is 23.7. The van der Waals surface area contributed by atoms with E-state index in [-0.39, 0.29) is 55.7 Å². The van der Waals surface area contributed by atoms with Gasteiger partial charge in [-0.25, -0.2) is 4.98 Å². The molecule has 2 saturated heterocycles. The van der Waals surface area contributed by atoms with Crippen LogP contribution in [0, 0.1) is 0 Å². The van der Waals surface area contributed by atoms with E-state index in [0.717, 1.165) is 73.6 Å². The van der Waals surface area contributed by atoms with Gasteiger partial charge in [0.05, 0.1) is 18.2 Å². The number of hydrogen-bond acceptors (Lipinski definition) is 13. The molecule has 2 atom stereocenters. The summed E-state index contributed by atoms with van der Waals surface area (Å²) in [6.45, 7) is 5.74. The van der Waals surface area contributed by atoms with Gasteiger partial charge in [-0.15, -0.1) is 0 Å². The summed E-state index contributed by atoms with van der Waals surface area (Å²) in [5.41, 5.74) is 4.26. The molecule has 0 saturated carbocycles. The predicted octanol–water partition coefficient (Wildman–Crippen LogP) is 5.76. The monoisotopic (exact) mass is 940 g/mol. The molecule has 5 aromatic rings. The molecule has 3 aliphatic rings. The lowest BCUT2D eigenvalue weighted by Crippen LogP contribution is -2.52. The maximum Gasteiger partial charge on any atom is 0.255 e. The number of H-pyrrole nitrogens is 1. The molecule has 5 heterocycles. The Bertz CT molecular complexity index is 2600. The van der Waals surface area contributed by atoms with Gasteiger partial charge < -0.3 is 40.0 Å². The zero-order valence-corrected chi connectivity index (χ0v) is 39.1. The number of ether oxygens (including phenoxy) is 3. The summed E-state index contributed by atoms with van der Waals surface area (Å²) in [4.78, 5) is 76.1. The van der Waals surface area contributed by atoms with Crippen LogP contribution in [0.25, 0.3) is 11.4 Å². The van der Waals surface area contributed by atoms with Crippen LogP contribution >= 0.6 is 0 Å². The first kappa shape index (κ1) is 48.4. The van der Waals surface area contributed by atoms with Crippen molar-refractivity contribution < 1.29 is 38.2 Å². The number of anilines is 2. The third-order valence-electron chi connectivity index (χ3n) is 12.8. The highest BCUT2D eigenvalue weighted by molar-refractivity contribution is 6.07. The SMILES string of the molecule is C[C@H](NC(=O)c1cccc(NC2(c3nc(-c4ccncc4)n[nH]3)CCN(C)CC2)c1)c1cccc(OCCCCCOCCCOCC(=O)Nc2cccc3c2CN(C2CCC(=O)NC2=O)C3=O)c1. The highest BCUT2D eigenvalue weighted by Gasteiger charge is 2.41. The van der Waals surface area contributed by atoms with Crippen LogP contribution in [0.3, 0.4) is 0 Å². The van der Waals surface area contributed by atoms with Crippen LogP contribution in [0.4, 0.5) is 11.4 Å². The van der Waals surface area contributed by atoms with Crippen molar-refractivity contribution in [3.8, 4) is 17.1 Å². The Balaban J connectivity index is 0.700. The van der Waals surface area contributed by atoms with E-state index >= 15 is 0 Å². The first-order chi connectivity index (χ1) is 33.5. The molecule has 1 unspecified atom stereocenters. The van der Waals surface area contributed by atoms with Gasteiger partial charge in [-0.2, -0.15) is 5.10 Å². The number of fused-ring (bicyclic) bond motifs is 1. The standard InChI is InChI=1S/C51H60N10O8/c1-34(53-47(64)37-11-6-12-38(30-37)57-51(20-24-60(2)25-21-51)50-56-46(58-59-50)35-18-22-52-23-19-35)36-10-7-13-39(31-36)69-29-5-3-4-26-67-27-9-28-68-33-45(63)54-42-15-8-14-40-41(42)32-61(49(40)66)43-16-17-44(62)55-48(43)65/h6-8,10-15,18-19,22-23,30-31,34,43,57H,3-5,9,16-17,20-21,24-29,32-33H2,1-2H3,(H,53,64)(H,54,63)(H,55,62,65)(H,56,58,59)/t34-,43?/m0/s1. The second-order valence-corrected chi connectivity index (χ2v) is 17.8. The van der Waals surface area contributed by atoms with Crippen molar-refractivity contribution in [3.63, 3.8) is 0 Å². The minimum absolute atomic E-state index is 0.154. The smallest absolute Gasteiger partial charge is 0.255 e. The van der Waals surface area contributed by atoms with E-state index in [0.29, 0.717) is 61.1 Å². The Morgan fingerprint density at radius 1 is 0.884 bits per heavy atom. The minimum atomic E-state index is -0.731. The Hall–Kier alpha value is -7.02. The van der Waals surface area contributed by atoms with Crippen LogP contribution in [0.1, 0.15) is 102 Å². The second kappa shape index (κ2) is 22.9. The number of pyridine rings is 1. The highest BCUT2D eigenvalue weighted by atomic mass is 16.5. The number of carbonyl (C=O) groups is 5. The number of aromatic nitrogens is 4. The summed E-state index contributed by atoms with van der Waals surface area (Å²) in [6, 6.07) is 23.2. The van der Waals surface area contributed by atoms with Crippen LogP contribution < -0.4 is 26.0 Å². The summed E-state index contributed by atoms with van der Waals surface area (Å²) in [7, 11) is 2.12. The van der Waals surface area contributed by atoms with Gasteiger partial charge in [0.2, 0.25) is 17.7 Å². The van der Waals surface area contributed by atoms with Gasteiger partial charge in [0.1, 0.15) is 18.4 Å². The average molecular weight is 941 g/mol. The van der Waals surface area contributed by atoms with Gasteiger partial charge in [-0.1, -0.05) is 24.3 Å². The van der Waals surface area contributed by atoms with Gasteiger partial charge in [-0.05, 0) is 119 Å². The van der Waals surface area contributed by atoms with E-state index in [1.807, 2.05) is 67.6 Å². The number of nitrogens with zero attached hydrogens (tertiary/aromatic N) is 5. The molecule has 8 rings (SSSR count). The molecule has 0 radical (unpaired) electrons. The number of aromatic amines is 1. The van der Waals surface area contributed by atoms with Crippen LogP contribution in [0.5, 0.6) is 5.75 Å². The summed E-state index contributed by atoms with van der Waals surface area (Å²) in [6.07, 6.45) is 8.80. The van der Waals surface area contributed by atoms with Gasteiger partial charge in [0.15, 0.2) is 11.6 Å². The molecule has 18 heteroatoms. The van der Waals surface area contributed by atoms with Crippen LogP contribution in [-0.2, 0) is 35.9 Å². The second-order valence-electron chi connectivity index (χ2n) is 17.8. The fourth-order valence-electron chi connectivity index (χ4n) is 8.87. The lowest BCUT2D eigenvalue weighted by atomic mass is 9.86. The van der Waals surface area contributed by atoms with Crippen LogP contribution in [0.15, 0.2) is 91.3 Å². The normalized spacial score (nSPS) is 17.2. The number of likely N-dealkylation sites (tertiary alicyclic amines) is 1. The summed E-state index contributed by atoms with van der Waals surface area (Å²) in [5, 5.41) is 19.8. The maximum absolute atomic E-state index is 13.6. The van der Waals surface area contributed by atoms with Crippen molar-refractivity contribution in [1.29, 1.82) is 0 Å². The Morgan fingerprint density at radius 3 is 2.48 bits per heavy atom. The number of rotatable bonds is 22. The van der Waals surface area contributed by atoms with Crippen molar-refractivity contribution in [2.24, 2.45) is 0 Å². The Kier molecular flexibility index (Phi) is 16.0. The first-order valence-electron chi connectivity index (χ1n) is 23.7. The predicted molar refractivity (Wildman–Crippen MR) is 257 cm³/mol. The van der Waals surface area contributed by atoms with Crippen molar-refractivity contribution in [3.05, 3.63) is 119 Å². The number of amides is 5. The fraction of sp³-hybridized carbons (Fsp3) is 0.412. The zero-order valence-electron chi connectivity index (χ0n) is 39.1. The van der Waals surface area contributed by atoms with Gasteiger partial charge in [-0.3, -0.25) is 39.4 Å². The molecule has 3 aliphatic heterocycles. The molecule has 18 nitrogen and oxygen atoms in total. The molecule has 5 N–H and O–H groups in total. The third-order valence-corrected chi connectivity index (χ3v) is 12.8. The summed E-state index contributed by atoms with van der Waals surface area (Å²) < 4.78 is 17.4. The molecule has 2 aromatic heterocycles. The lowest BCUT2D eigenvalue weighted by molar-refractivity contribution is -0.137. The Labute approximate surface area is 401 Å². The topological polar surface area (TPSA) is 222 Å². The molecular formula is C51H60N10O8. The molecule has 3 aromatic carbocycles. The molecule has 0 spiro atoms. The quantitative estimate of drug-likeness (QED) is 0.0412. The average Bonchev–Trinajstić information content (AvgIpc) is 3.99. The summed E-state index contributed by atoms with van der Waals surface area (Å²) >= 11 is 0. The number of nitrogens with one attached hydrogen (secondary N) is 5.